The number of hydrogen-bond acceptors (Lipinski definition) is 3. The van der Waals surface area contributed by atoms with Gasteiger partial charge in [0.2, 0.25) is 0 Å². The Morgan fingerprint density at radius 1 is 1.03 bits per heavy atom. The lowest BCUT2D eigenvalue weighted by Crippen LogP contribution is -2.48. The molecule has 4 aliphatic carbocycles. The number of carbonyl (C=O) groups excluding carboxylic acids is 1. The van der Waals surface area contributed by atoms with Crippen molar-refractivity contribution in [3.63, 3.8) is 0 Å². The van der Waals surface area contributed by atoms with E-state index in [0.717, 1.165) is 23.5 Å². The highest BCUT2D eigenvalue weighted by Gasteiger charge is 2.51. The zero-order valence-electron chi connectivity index (χ0n) is 17.9. The molecule has 1 N–H and O–H groups in total. The van der Waals surface area contributed by atoms with Crippen molar-refractivity contribution in [1.82, 2.24) is 0 Å². The van der Waals surface area contributed by atoms with Crippen LogP contribution in [0.25, 0.3) is 0 Å². The fourth-order valence-electron chi connectivity index (χ4n) is 6.84. The highest BCUT2D eigenvalue weighted by Crippen LogP contribution is 2.61. The summed E-state index contributed by atoms with van der Waals surface area (Å²) in [6, 6.07) is 13.8. The minimum Gasteiger partial charge on any atom is -0.495 e. The van der Waals surface area contributed by atoms with Crippen LogP contribution < -0.4 is 14.8 Å². The standard InChI is InChI=1S/C26H31NO3/c1-17-9-21(30-16-25(28)27-23-5-3-4-6-24(23)29-2)7-8-22(17)26-13-18-10-19(14-26)12-20(11-18)15-26/h3-9,18-20H,10-16H2,1-2H3,(H,27,28). The van der Waals surface area contributed by atoms with Crippen LogP contribution >= 0.6 is 0 Å². The Morgan fingerprint density at radius 3 is 2.33 bits per heavy atom. The maximum atomic E-state index is 12.3. The highest BCUT2D eigenvalue weighted by molar-refractivity contribution is 5.93. The molecule has 6 rings (SSSR count). The van der Waals surface area contributed by atoms with Crippen molar-refractivity contribution in [2.45, 2.75) is 50.9 Å². The second kappa shape index (κ2) is 7.64. The number of carbonyl (C=O) groups is 1. The zero-order chi connectivity index (χ0) is 20.7. The van der Waals surface area contributed by atoms with Crippen LogP contribution in [0, 0.1) is 24.7 Å². The fraction of sp³-hybridized carbons (Fsp3) is 0.500. The molecule has 158 valence electrons. The molecule has 0 spiro atoms. The van der Waals surface area contributed by atoms with Crippen LogP contribution in [0.15, 0.2) is 42.5 Å². The summed E-state index contributed by atoms with van der Waals surface area (Å²) in [6.07, 6.45) is 8.46. The van der Waals surface area contributed by atoms with Crippen molar-refractivity contribution in [2.75, 3.05) is 19.0 Å². The Kier molecular flexibility index (Phi) is 4.96. The van der Waals surface area contributed by atoms with Crippen LogP contribution in [0.1, 0.15) is 49.7 Å². The van der Waals surface area contributed by atoms with Gasteiger partial charge in [-0.25, -0.2) is 0 Å². The van der Waals surface area contributed by atoms with Crippen LogP contribution in [-0.4, -0.2) is 19.6 Å². The molecule has 4 nitrogen and oxygen atoms in total. The molecule has 4 fully saturated rings. The molecule has 2 aromatic rings. The van der Waals surface area contributed by atoms with Crippen LogP contribution in [-0.2, 0) is 10.2 Å². The molecule has 0 radical (unpaired) electrons. The molecule has 4 bridgehead atoms. The van der Waals surface area contributed by atoms with E-state index < -0.39 is 0 Å². The van der Waals surface area contributed by atoms with Crippen LogP contribution in [0.4, 0.5) is 5.69 Å². The summed E-state index contributed by atoms with van der Waals surface area (Å²) < 4.78 is 11.1. The summed E-state index contributed by atoms with van der Waals surface area (Å²) in [6.45, 7) is 2.18. The van der Waals surface area contributed by atoms with E-state index in [4.69, 9.17) is 9.47 Å². The average molecular weight is 406 g/mol. The summed E-state index contributed by atoms with van der Waals surface area (Å²) in [5.41, 5.74) is 3.87. The molecule has 4 saturated carbocycles. The van der Waals surface area contributed by atoms with Gasteiger partial charge < -0.3 is 14.8 Å². The number of anilines is 1. The first-order valence-electron chi connectivity index (χ1n) is 11.2. The van der Waals surface area contributed by atoms with Crippen molar-refractivity contribution in [3.8, 4) is 11.5 Å². The van der Waals surface area contributed by atoms with E-state index in [1.54, 1.807) is 7.11 Å². The van der Waals surface area contributed by atoms with E-state index in [0.29, 0.717) is 16.9 Å². The monoisotopic (exact) mass is 405 g/mol. The number of aryl methyl sites for hydroxylation is 1. The Morgan fingerprint density at radius 2 is 1.70 bits per heavy atom. The van der Waals surface area contributed by atoms with E-state index >= 15 is 0 Å². The molecule has 0 atom stereocenters. The third kappa shape index (κ3) is 3.57. The molecule has 30 heavy (non-hydrogen) atoms. The topological polar surface area (TPSA) is 47.6 Å². The number of nitrogens with one attached hydrogen (secondary N) is 1. The third-order valence-electron chi connectivity index (χ3n) is 7.56. The molecular formula is C26H31NO3. The molecule has 0 aliphatic heterocycles. The number of rotatable bonds is 6. The van der Waals surface area contributed by atoms with Gasteiger partial charge in [-0.3, -0.25) is 4.79 Å². The van der Waals surface area contributed by atoms with Gasteiger partial charge in [0.05, 0.1) is 12.8 Å². The number of hydrogen-bond donors (Lipinski definition) is 1. The maximum absolute atomic E-state index is 12.3. The molecular weight excluding hydrogens is 374 g/mol. The Bertz CT molecular complexity index is 916. The summed E-state index contributed by atoms with van der Waals surface area (Å²) >= 11 is 0. The lowest BCUT2D eigenvalue weighted by Gasteiger charge is -2.57. The lowest BCUT2D eigenvalue weighted by atomic mass is 9.47. The van der Waals surface area contributed by atoms with Gasteiger partial charge in [0, 0.05) is 0 Å². The normalized spacial score (nSPS) is 28.9. The molecule has 4 aliphatic rings. The average Bonchev–Trinajstić information content (AvgIpc) is 2.71. The fourth-order valence-corrected chi connectivity index (χ4v) is 6.84. The van der Waals surface area contributed by atoms with Gasteiger partial charge in [-0.1, -0.05) is 18.2 Å². The maximum Gasteiger partial charge on any atom is 0.262 e. The van der Waals surface area contributed by atoms with Gasteiger partial charge >= 0.3 is 0 Å². The van der Waals surface area contributed by atoms with E-state index in [1.165, 1.54) is 49.7 Å². The van der Waals surface area contributed by atoms with Crippen molar-refractivity contribution in [2.24, 2.45) is 17.8 Å². The molecule has 4 heteroatoms. The van der Waals surface area contributed by atoms with Gasteiger partial charge in [0.15, 0.2) is 6.61 Å². The number of amides is 1. The molecule has 0 aromatic heterocycles. The number of para-hydroxylation sites is 2. The molecule has 1 amide bonds. The second-order valence-corrected chi connectivity index (χ2v) is 9.71. The lowest BCUT2D eigenvalue weighted by molar-refractivity contribution is -0.118. The van der Waals surface area contributed by atoms with Crippen molar-refractivity contribution in [1.29, 1.82) is 0 Å². The summed E-state index contributed by atoms with van der Waals surface area (Å²) in [5.74, 6) is 4.01. The van der Waals surface area contributed by atoms with Crippen molar-refractivity contribution in [3.05, 3.63) is 53.6 Å². The minimum absolute atomic E-state index is 0.0196. The third-order valence-corrected chi connectivity index (χ3v) is 7.56. The van der Waals surface area contributed by atoms with Crippen molar-refractivity contribution >= 4 is 11.6 Å². The largest absolute Gasteiger partial charge is 0.495 e. The molecule has 0 unspecified atom stereocenters. The van der Waals surface area contributed by atoms with Gasteiger partial charge in [0.1, 0.15) is 11.5 Å². The van der Waals surface area contributed by atoms with Gasteiger partial charge in [-0.05, 0) is 104 Å². The Hall–Kier alpha value is -2.49. The molecule has 0 saturated heterocycles. The summed E-state index contributed by atoms with van der Waals surface area (Å²) in [7, 11) is 1.59. The first-order chi connectivity index (χ1) is 14.5. The van der Waals surface area contributed by atoms with Crippen LogP contribution in [0.2, 0.25) is 0 Å². The van der Waals surface area contributed by atoms with Gasteiger partial charge in [-0.15, -0.1) is 0 Å². The number of methoxy groups -OCH3 is 1. The van der Waals surface area contributed by atoms with Gasteiger partial charge in [-0.2, -0.15) is 0 Å². The predicted molar refractivity (Wildman–Crippen MR) is 118 cm³/mol. The summed E-state index contributed by atoms with van der Waals surface area (Å²) in [5, 5.41) is 2.86. The smallest absolute Gasteiger partial charge is 0.262 e. The second-order valence-electron chi connectivity index (χ2n) is 9.71. The molecule has 0 heterocycles. The van der Waals surface area contributed by atoms with E-state index in [2.05, 4.69) is 30.4 Å². The van der Waals surface area contributed by atoms with E-state index in [9.17, 15) is 4.79 Å². The number of benzene rings is 2. The van der Waals surface area contributed by atoms with E-state index in [-0.39, 0.29) is 12.5 Å². The highest BCUT2D eigenvalue weighted by atomic mass is 16.5. The quantitative estimate of drug-likeness (QED) is 0.691. The van der Waals surface area contributed by atoms with Crippen LogP contribution in [0.5, 0.6) is 11.5 Å². The molecule has 2 aromatic carbocycles. The first kappa shape index (κ1) is 19.5. The minimum atomic E-state index is -0.192. The SMILES string of the molecule is COc1ccccc1NC(=O)COc1ccc(C23CC4CC(CC(C4)C2)C3)c(C)c1. The van der Waals surface area contributed by atoms with Crippen molar-refractivity contribution < 1.29 is 14.3 Å². The summed E-state index contributed by atoms with van der Waals surface area (Å²) in [4.78, 5) is 12.3. The van der Waals surface area contributed by atoms with Gasteiger partial charge in [0.25, 0.3) is 5.91 Å². The Balaban J connectivity index is 1.25. The first-order valence-corrected chi connectivity index (χ1v) is 11.2. The van der Waals surface area contributed by atoms with E-state index in [1.807, 2.05) is 24.3 Å². The zero-order valence-corrected chi connectivity index (χ0v) is 17.9. The van der Waals surface area contributed by atoms with Crippen LogP contribution in [0.3, 0.4) is 0 Å². The Labute approximate surface area is 179 Å². The predicted octanol–water partition coefficient (Wildman–Crippen LogP) is 5.49. The number of ether oxygens (including phenoxy) is 2.